The van der Waals surface area contributed by atoms with Gasteiger partial charge in [0.25, 0.3) is 20.2 Å². The summed E-state index contributed by atoms with van der Waals surface area (Å²) in [6.07, 6.45) is 2.66. The summed E-state index contributed by atoms with van der Waals surface area (Å²) < 4.78 is 54.2. The minimum absolute atomic E-state index is 0.0385. The van der Waals surface area contributed by atoms with Crippen molar-refractivity contribution in [3.63, 3.8) is 0 Å². The van der Waals surface area contributed by atoms with E-state index in [4.69, 9.17) is 0 Å². The fourth-order valence-electron chi connectivity index (χ4n) is 3.01. The van der Waals surface area contributed by atoms with Crippen LogP contribution in [0.5, 0.6) is 0 Å². The van der Waals surface area contributed by atoms with Gasteiger partial charge in [0.15, 0.2) is 5.13 Å². The molecule has 2 heterocycles. The van der Waals surface area contributed by atoms with Gasteiger partial charge in [0, 0.05) is 44.4 Å². The van der Waals surface area contributed by atoms with Crippen molar-refractivity contribution in [2.75, 3.05) is 37.2 Å². The summed E-state index contributed by atoms with van der Waals surface area (Å²) in [6, 6.07) is 5.75. The number of nitrogens with zero attached hydrogens (tertiary/aromatic N) is 3. The van der Waals surface area contributed by atoms with Crippen LogP contribution in [0.15, 0.2) is 40.7 Å². The molecule has 1 saturated heterocycles. The van der Waals surface area contributed by atoms with E-state index >= 15 is 0 Å². The van der Waals surface area contributed by atoms with Gasteiger partial charge >= 0.3 is 0 Å². The van der Waals surface area contributed by atoms with Gasteiger partial charge in [-0.3, -0.25) is 9.52 Å². The average molecular weight is 474 g/mol. The van der Waals surface area contributed by atoms with Gasteiger partial charge in [-0.25, -0.2) is 13.4 Å². The Balaban J connectivity index is 1.64. The first kappa shape index (κ1) is 22.6. The summed E-state index contributed by atoms with van der Waals surface area (Å²) >= 11 is 1.17. The van der Waals surface area contributed by atoms with Crippen molar-refractivity contribution in [2.24, 2.45) is 5.92 Å². The number of rotatable bonds is 7. The maximum atomic E-state index is 12.6. The summed E-state index contributed by atoms with van der Waals surface area (Å²) in [5.41, 5.74) is 0.431. The molecule has 0 radical (unpaired) electrons. The number of benzene rings is 1. The Morgan fingerprint density at radius 2 is 1.90 bits per heavy atom. The number of thiazole rings is 1. The number of carbonyl (C=O) groups excluding carboxylic acids is 1. The molecule has 10 nitrogen and oxygen atoms in total. The molecule has 164 valence electrons. The number of aromatic nitrogens is 1. The van der Waals surface area contributed by atoms with Crippen LogP contribution in [0, 0.1) is 5.92 Å². The minimum atomic E-state index is -3.77. The van der Waals surface area contributed by atoms with E-state index < -0.39 is 26.2 Å². The van der Waals surface area contributed by atoms with Crippen molar-refractivity contribution in [3.05, 3.63) is 35.8 Å². The second-order valence-electron chi connectivity index (χ2n) is 6.94. The topological polar surface area (TPSA) is 129 Å². The zero-order valence-corrected chi connectivity index (χ0v) is 18.9. The van der Waals surface area contributed by atoms with E-state index in [1.807, 2.05) is 0 Å². The Hall–Kier alpha value is -2.06. The standard InChI is InChI=1S/C17H23N5O5S3/c1-21(2)30(26,27)22-10-3-4-13(12-22)16(23)19-14-5-7-15(8-6-14)29(24,25)20-17-18-9-11-28-17/h5-9,11,13H,3-4,10,12H2,1-2H3,(H,18,20)(H,19,23)/t13-/m1/s1. The first-order chi connectivity index (χ1) is 14.1. The van der Waals surface area contributed by atoms with Crippen LogP contribution in [0.2, 0.25) is 0 Å². The van der Waals surface area contributed by atoms with E-state index in [2.05, 4.69) is 15.0 Å². The van der Waals surface area contributed by atoms with E-state index in [1.54, 1.807) is 5.38 Å². The number of piperidine rings is 1. The lowest BCUT2D eigenvalue weighted by molar-refractivity contribution is -0.120. The van der Waals surface area contributed by atoms with E-state index in [-0.39, 0.29) is 22.5 Å². The molecule has 0 unspecified atom stereocenters. The second-order valence-corrected chi connectivity index (χ2v) is 11.7. The highest BCUT2D eigenvalue weighted by Gasteiger charge is 2.33. The molecule has 1 aromatic heterocycles. The van der Waals surface area contributed by atoms with Gasteiger partial charge in [-0.15, -0.1) is 11.3 Å². The van der Waals surface area contributed by atoms with Crippen LogP contribution in [0.1, 0.15) is 12.8 Å². The van der Waals surface area contributed by atoms with Gasteiger partial charge in [-0.2, -0.15) is 17.0 Å². The Morgan fingerprint density at radius 1 is 1.20 bits per heavy atom. The Morgan fingerprint density at radius 3 is 2.50 bits per heavy atom. The molecule has 2 N–H and O–H groups in total. The molecular weight excluding hydrogens is 450 g/mol. The van der Waals surface area contributed by atoms with Crippen LogP contribution in [0.25, 0.3) is 0 Å². The van der Waals surface area contributed by atoms with Crippen molar-refractivity contribution in [3.8, 4) is 0 Å². The molecule has 1 aliphatic heterocycles. The van der Waals surface area contributed by atoms with Gasteiger partial charge in [0.1, 0.15) is 0 Å². The zero-order chi connectivity index (χ0) is 21.9. The highest BCUT2D eigenvalue weighted by molar-refractivity contribution is 7.93. The summed E-state index contributed by atoms with van der Waals surface area (Å²) in [7, 11) is -4.43. The van der Waals surface area contributed by atoms with E-state index in [0.29, 0.717) is 25.1 Å². The molecule has 13 heteroatoms. The molecular formula is C17H23N5O5S3. The third-order valence-electron chi connectivity index (χ3n) is 4.63. The molecule has 1 amide bonds. The van der Waals surface area contributed by atoms with Crippen LogP contribution in [0.3, 0.4) is 0 Å². The monoisotopic (exact) mass is 473 g/mol. The van der Waals surface area contributed by atoms with Gasteiger partial charge < -0.3 is 5.32 Å². The summed E-state index contributed by atoms with van der Waals surface area (Å²) in [5.74, 6) is -0.784. The van der Waals surface area contributed by atoms with E-state index in [0.717, 1.165) is 4.31 Å². The fraction of sp³-hybridized carbons (Fsp3) is 0.412. The molecule has 2 aromatic rings. The van der Waals surface area contributed by atoms with Crippen molar-refractivity contribution >= 4 is 48.3 Å². The highest BCUT2D eigenvalue weighted by Crippen LogP contribution is 2.23. The molecule has 1 aliphatic rings. The molecule has 1 atom stereocenters. The molecule has 0 spiro atoms. The molecule has 0 saturated carbocycles. The third kappa shape index (κ3) is 5.16. The van der Waals surface area contributed by atoms with E-state index in [9.17, 15) is 21.6 Å². The lowest BCUT2D eigenvalue weighted by Gasteiger charge is -2.32. The maximum Gasteiger partial charge on any atom is 0.281 e. The lowest BCUT2D eigenvalue weighted by atomic mass is 9.99. The van der Waals surface area contributed by atoms with Crippen LogP contribution in [0.4, 0.5) is 10.8 Å². The molecule has 3 rings (SSSR count). The zero-order valence-electron chi connectivity index (χ0n) is 16.5. The SMILES string of the molecule is CN(C)S(=O)(=O)N1CCC[C@@H](C(=O)Nc2ccc(S(=O)(=O)Nc3nccs3)cc2)C1. The molecule has 0 bridgehead atoms. The first-order valence-corrected chi connectivity index (χ1v) is 12.9. The maximum absolute atomic E-state index is 12.6. The molecule has 0 aliphatic carbocycles. The number of amides is 1. The Labute approximate surface area is 180 Å². The van der Waals surface area contributed by atoms with Crippen molar-refractivity contribution in [1.82, 2.24) is 13.6 Å². The number of nitrogens with one attached hydrogen (secondary N) is 2. The second kappa shape index (κ2) is 8.98. The van der Waals surface area contributed by atoms with Crippen LogP contribution < -0.4 is 10.0 Å². The number of anilines is 2. The van der Waals surface area contributed by atoms with Crippen molar-refractivity contribution < 1.29 is 21.6 Å². The first-order valence-electron chi connectivity index (χ1n) is 9.10. The van der Waals surface area contributed by atoms with Crippen LogP contribution in [-0.4, -0.2) is 63.5 Å². The van der Waals surface area contributed by atoms with E-state index in [1.165, 1.54) is 60.2 Å². The average Bonchev–Trinajstić information content (AvgIpc) is 3.20. The van der Waals surface area contributed by atoms with Crippen LogP contribution >= 0.6 is 11.3 Å². The quantitative estimate of drug-likeness (QED) is 0.625. The number of hydrogen-bond donors (Lipinski definition) is 2. The Bertz CT molecular complexity index is 1080. The Kier molecular flexibility index (Phi) is 6.77. The molecule has 1 fully saturated rings. The lowest BCUT2D eigenvalue weighted by Crippen LogP contribution is -2.47. The van der Waals surface area contributed by atoms with Gasteiger partial charge in [-0.05, 0) is 37.1 Å². The van der Waals surface area contributed by atoms with Crippen molar-refractivity contribution in [1.29, 1.82) is 0 Å². The summed E-state index contributed by atoms with van der Waals surface area (Å²) in [5, 5.41) is 4.66. The largest absolute Gasteiger partial charge is 0.326 e. The van der Waals surface area contributed by atoms with Gasteiger partial charge in [0.2, 0.25) is 5.91 Å². The number of hydrogen-bond acceptors (Lipinski definition) is 7. The molecule has 1 aromatic carbocycles. The highest BCUT2D eigenvalue weighted by atomic mass is 32.2. The minimum Gasteiger partial charge on any atom is -0.326 e. The fourth-order valence-corrected chi connectivity index (χ4v) is 5.99. The summed E-state index contributed by atoms with van der Waals surface area (Å²) in [6.45, 7) is 0.486. The van der Waals surface area contributed by atoms with Crippen molar-refractivity contribution in [2.45, 2.75) is 17.7 Å². The predicted octanol–water partition coefficient (Wildman–Crippen LogP) is 1.40. The third-order valence-corrected chi connectivity index (χ3v) is 8.71. The van der Waals surface area contributed by atoms with Gasteiger partial charge in [-0.1, -0.05) is 0 Å². The smallest absolute Gasteiger partial charge is 0.281 e. The summed E-state index contributed by atoms with van der Waals surface area (Å²) in [4.78, 5) is 16.5. The van der Waals surface area contributed by atoms with Gasteiger partial charge in [0.05, 0.1) is 10.8 Å². The number of carbonyl (C=O) groups is 1. The normalized spacial score (nSPS) is 18.3. The predicted molar refractivity (Wildman–Crippen MR) is 115 cm³/mol. The number of sulfonamides is 1. The van der Waals surface area contributed by atoms with Crippen LogP contribution in [-0.2, 0) is 25.0 Å². The molecule has 30 heavy (non-hydrogen) atoms.